The van der Waals surface area contributed by atoms with Gasteiger partial charge < -0.3 is 14.8 Å². The van der Waals surface area contributed by atoms with Gasteiger partial charge in [0.2, 0.25) is 0 Å². The van der Waals surface area contributed by atoms with Crippen molar-refractivity contribution in [2.24, 2.45) is 5.41 Å². The minimum atomic E-state index is -1.18. The molecule has 0 aromatic rings. The first-order chi connectivity index (χ1) is 8.15. The highest BCUT2D eigenvalue weighted by molar-refractivity contribution is 5.73. The lowest BCUT2D eigenvalue weighted by atomic mass is 9.87. The Labute approximate surface area is 102 Å². The summed E-state index contributed by atoms with van der Waals surface area (Å²) in [6.45, 7) is 2.25. The quantitative estimate of drug-likeness (QED) is 0.473. The highest BCUT2D eigenvalue weighted by atomic mass is 17.0. The van der Waals surface area contributed by atoms with Crippen LogP contribution in [0.4, 0.5) is 0 Å². The lowest BCUT2D eigenvalue weighted by Crippen LogP contribution is -2.29. The van der Waals surface area contributed by atoms with Crippen LogP contribution in [-0.2, 0) is 14.5 Å². The molecular formula is C8H14N2O8. The molecule has 0 amide bonds. The number of aliphatic carboxylic acids is 1. The molecule has 0 spiro atoms. The van der Waals surface area contributed by atoms with Crippen LogP contribution in [0.15, 0.2) is 0 Å². The van der Waals surface area contributed by atoms with Crippen molar-refractivity contribution in [3.05, 3.63) is 20.2 Å². The van der Waals surface area contributed by atoms with E-state index in [4.69, 9.17) is 5.11 Å². The maximum absolute atomic E-state index is 10.8. The van der Waals surface area contributed by atoms with E-state index in [-0.39, 0.29) is 12.8 Å². The molecule has 10 nitrogen and oxygen atoms in total. The van der Waals surface area contributed by atoms with Crippen LogP contribution in [0, 0.1) is 25.6 Å². The van der Waals surface area contributed by atoms with E-state index in [1.807, 2.05) is 0 Å². The molecular weight excluding hydrogens is 252 g/mol. The van der Waals surface area contributed by atoms with Crippen LogP contribution >= 0.6 is 0 Å². The fourth-order valence-corrected chi connectivity index (χ4v) is 1.06. The molecule has 18 heavy (non-hydrogen) atoms. The zero-order chi connectivity index (χ0) is 14.3. The molecule has 0 aliphatic heterocycles. The zero-order valence-electron chi connectivity index (χ0n) is 9.90. The molecule has 1 unspecified atom stereocenters. The predicted octanol–water partition coefficient (Wildman–Crippen LogP) is 0.663. The molecule has 0 heterocycles. The zero-order valence-corrected chi connectivity index (χ0v) is 9.90. The van der Waals surface area contributed by atoms with Crippen LogP contribution in [0.2, 0.25) is 0 Å². The molecule has 0 aromatic heterocycles. The first-order valence-corrected chi connectivity index (χ1v) is 4.97. The predicted molar refractivity (Wildman–Crippen MR) is 55.5 cm³/mol. The molecule has 10 heteroatoms. The fourth-order valence-electron chi connectivity index (χ4n) is 1.06. The lowest BCUT2D eigenvalue weighted by molar-refractivity contribution is -0.790. The second-order valence-electron chi connectivity index (χ2n) is 4.20. The van der Waals surface area contributed by atoms with Crippen molar-refractivity contribution in [2.75, 3.05) is 6.61 Å². The minimum absolute atomic E-state index is 0.0475. The van der Waals surface area contributed by atoms with Crippen molar-refractivity contribution in [3.63, 3.8) is 0 Å². The summed E-state index contributed by atoms with van der Waals surface area (Å²) in [5.41, 5.74) is -1.10. The van der Waals surface area contributed by atoms with Crippen LogP contribution < -0.4 is 0 Å². The second kappa shape index (κ2) is 6.57. The van der Waals surface area contributed by atoms with Gasteiger partial charge in [-0.25, -0.2) is 0 Å². The molecule has 0 saturated heterocycles. The first kappa shape index (κ1) is 15.9. The molecule has 1 N–H and O–H groups in total. The number of rotatable bonds is 9. The van der Waals surface area contributed by atoms with Gasteiger partial charge in [-0.05, 0) is 26.7 Å². The summed E-state index contributed by atoms with van der Waals surface area (Å²) in [6, 6.07) is 0. The first-order valence-electron chi connectivity index (χ1n) is 4.97. The van der Waals surface area contributed by atoms with Gasteiger partial charge in [-0.2, -0.15) is 0 Å². The molecule has 0 rings (SSSR count). The Morgan fingerprint density at radius 1 is 1.33 bits per heavy atom. The number of hydrogen-bond acceptors (Lipinski definition) is 7. The number of carboxylic acid groups (broad SMARTS) is 1. The smallest absolute Gasteiger partial charge is 0.309 e. The number of hydrogen-bond donors (Lipinski definition) is 1. The van der Waals surface area contributed by atoms with Gasteiger partial charge in [-0.3, -0.25) is 4.79 Å². The van der Waals surface area contributed by atoms with Gasteiger partial charge in [0.05, 0.1) is 5.41 Å². The van der Waals surface area contributed by atoms with Crippen molar-refractivity contribution < 1.29 is 29.7 Å². The monoisotopic (exact) mass is 266 g/mol. The Hall–Kier alpha value is -2.13. The molecule has 0 aromatic carbocycles. The highest BCUT2D eigenvalue weighted by Gasteiger charge is 2.29. The van der Waals surface area contributed by atoms with E-state index in [1.165, 1.54) is 13.8 Å². The Bertz CT molecular complexity index is 329. The summed E-state index contributed by atoms with van der Waals surface area (Å²) < 4.78 is 0. The van der Waals surface area contributed by atoms with Gasteiger partial charge >= 0.3 is 5.97 Å². The van der Waals surface area contributed by atoms with Gasteiger partial charge in [-0.1, -0.05) is 0 Å². The van der Waals surface area contributed by atoms with E-state index in [0.717, 1.165) is 0 Å². The van der Waals surface area contributed by atoms with Crippen molar-refractivity contribution >= 4 is 5.97 Å². The van der Waals surface area contributed by atoms with Crippen LogP contribution in [0.1, 0.15) is 26.7 Å². The SMILES string of the molecule is CC(C)(CCC(CO[N+](=O)[O-])O[N+](=O)[O-])C(=O)O. The number of carboxylic acids is 1. The summed E-state index contributed by atoms with van der Waals surface area (Å²) in [5.74, 6) is -1.07. The van der Waals surface area contributed by atoms with E-state index in [9.17, 15) is 25.0 Å². The van der Waals surface area contributed by atoms with E-state index in [2.05, 4.69) is 9.68 Å². The normalized spacial score (nSPS) is 12.6. The standard InChI is InChI=1S/C8H14N2O8/c1-8(2,7(11)12)4-3-6(18-10(15)16)5-17-9(13)14/h6H,3-5H2,1-2H3,(H,11,12). The second-order valence-corrected chi connectivity index (χ2v) is 4.20. The molecule has 104 valence electrons. The molecule has 0 fully saturated rings. The molecule has 0 aliphatic carbocycles. The maximum atomic E-state index is 10.8. The van der Waals surface area contributed by atoms with Gasteiger partial charge in [0.15, 0.2) is 0 Å². The molecule has 0 aliphatic rings. The van der Waals surface area contributed by atoms with Crippen molar-refractivity contribution in [1.29, 1.82) is 0 Å². The van der Waals surface area contributed by atoms with Crippen LogP contribution in [-0.4, -0.2) is 34.0 Å². The minimum Gasteiger partial charge on any atom is -0.481 e. The Balaban J connectivity index is 4.36. The topological polar surface area (TPSA) is 142 Å². The Morgan fingerprint density at radius 2 is 1.89 bits per heavy atom. The average Bonchev–Trinajstić information content (AvgIpc) is 2.21. The van der Waals surface area contributed by atoms with E-state index in [0.29, 0.717) is 0 Å². The fraction of sp³-hybridized carbons (Fsp3) is 0.875. The maximum Gasteiger partial charge on any atom is 0.309 e. The summed E-state index contributed by atoms with van der Waals surface area (Å²) in [7, 11) is 0. The third-order valence-electron chi connectivity index (χ3n) is 2.27. The Kier molecular flexibility index (Phi) is 5.79. The third-order valence-corrected chi connectivity index (χ3v) is 2.27. The largest absolute Gasteiger partial charge is 0.481 e. The van der Waals surface area contributed by atoms with Crippen LogP contribution in [0.3, 0.4) is 0 Å². The molecule has 0 radical (unpaired) electrons. The van der Waals surface area contributed by atoms with E-state index < -0.39 is 34.3 Å². The van der Waals surface area contributed by atoms with Crippen molar-refractivity contribution in [1.82, 2.24) is 0 Å². The average molecular weight is 266 g/mol. The summed E-state index contributed by atoms with van der Waals surface area (Å²) >= 11 is 0. The third kappa shape index (κ3) is 6.45. The van der Waals surface area contributed by atoms with Crippen molar-refractivity contribution in [3.8, 4) is 0 Å². The van der Waals surface area contributed by atoms with E-state index >= 15 is 0 Å². The number of nitrogens with zero attached hydrogens (tertiary/aromatic N) is 2. The number of carbonyl (C=O) groups is 1. The van der Waals surface area contributed by atoms with E-state index in [1.54, 1.807) is 0 Å². The molecule has 1 atom stereocenters. The highest BCUT2D eigenvalue weighted by Crippen LogP contribution is 2.24. The van der Waals surface area contributed by atoms with Crippen LogP contribution in [0.25, 0.3) is 0 Å². The summed E-state index contributed by atoms with van der Waals surface area (Å²) in [4.78, 5) is 39.1. The van der Waals surface area contributed by atoms with Crippen LogP contribution in [0.5, 0.6) is 0 Å². The van der Waals surface area contributed by atoms with Crippen molar-refractivity contribution in [2.45, 2.75) is 32.8 Å². The van der Waals surface area contributed by atoms with Gasteiger partial charge in [0, 0.05) is 0 Å². The Morgan fingerprint density at radius 3 is 2.28 bits per heavy atom. The molecule has 0 saturated carbocycles. The summed E-state index contributed by atoms with van der Waals surface area (Å²) in [5, 5.41) is 26.8. The van der Waals surface area contributed by atoms with Gasteiger partial charge in [0.25, 0.3) is 10.2 Å². The molecule has 0 bridgehead atoms. The summed E-state index contributed by atoms with van der Waals surface area (Å²) in [6.07, 6.45) is -1.17. The lowest BCUT2D eigenvalue weighted by Gasteiger charge is -2.21. The van der Waals surface area contributed by atoms with Gasteiger partial charge in [0.1, 0.15) is 12.7 Å². The van der Waals surface area contributed by atoms with Gasteiger partial charge in [-0.15, -0.1) is 20.2 Å².